The van der Waals surface area contributed by atoms with E-state index in [2.05, 4.69) is 35.8 Å². The summed E-state index contributed by atoms with van der Waals surface area (Å²) in [6, 6.07) is 4.09. The second kappa shape index (κ2) is 4.09. The van der Waals surface area contributed by atoms with E-state index in [0.717, 1.165) is 3.79 Å². The van der Waals surface area contributed by atoms with Gasteiger partial charge in [-0.05, 0) is 40.0 Å². The molecule has 0 saturated carbocycles. The van der Waals surface area contributed by atoms with E-state index in [9.17, 15) is 0 Å². The van der Waals surface area contributed by atoms with E-state index >= 15 is 0 Å². The summed E-state index contributed by atoms with van der Waals surface area (Å²) in [5.74, 6) is 0. The molecule has 1 rings (SSSR count). The van der Waals surface area contributed by atoms with E-state index in [1.807, 2.05) is 6.07 Å². The predicted molar refractivity (Wildman–Crippen MR) is 61.8 cm³/mol. The van der Waals surface area contributed by atoms with E-state index < -0.39 is 0 Å². The summed E-state index contributed by atoms with van der Waals surface area (Å²) in [7, 11) is 0. The number of thiophene rings is 1. The Morgan fingerprint density at radius 3 is 2.54 bits per heavy atom. The monoisotopic (exact) mass is 262 g/mol. The third kappa shape index (κ3) is 2.53. The van der Waals surface area contributed by atoms with Gasteiger partial charge in [-0.1, -0.05) is 13.8 Å². The molecule has 2 nitrogen and oxygen atoms in total. The average Bonchev–Trinajstić information content (AvgIpc) is 2.50. The number of rotatable bonds is 3. The first-order valence-corrected chi connectivity index (χ1v) is 5.79. The van der Waals surface area contributed by atoms with E-state index in [-0.39, 0.29) is 11.5 Å². The first-order chi connectivity index (χ1) is 5.97. The minimum Gasteiger partial charge on any atom is -0.330 e. The van der Waals surface area contributed by atoms with Crippen LogP contribution in [0.25, 0.3) is 0 Å². The molecular weight excluding hydrogens is 248 g/mol. The van der Waals surface area contributed by atoms with Crippen LogP contribution in [0.1, 0.15) is 24.8 Å². The number of hydrogen-bond donors (Lipinski definition) is 2. The molecule has 74 valence electrons. The van der Waals surface area contributed by atoms with Gasteiger partial charge in [0.25, 0.3) is 0 Å². The molecule has 0 bridgehead atoms. The van der Waals surface area contributed by atoms with Gasteiger partial charge in [-0.25, -0.2) is 0 Å². The van der Waals surface area contributed by atoms with Gasteiger partial charge < -0.3 is 11.5 Å². The molecular formula is C9H15BrN2S. The van der Waals surface area contributed by atoms with Gasteiger partial charge in [-0.3, -0.25) is 0 Å². The minimum absolute atomic E-state index is 0.0220. The Hall–Kier alpha value is 0.1000. The van der Waals surface area contributed by atoms with Crippen LogP contribution < -0.4 is 11.5 Å². The van der Waals surface area contributed by atoms with Gasteiger partial charge in [0.1, 0.15) is 0 Å². The van der Waals surface area contributed by atoms with Crippen molar-refractivity contribution < 1.29 is 0 Å². The van der Waals surface area contributed by atoms with Crippen LogP contribution in [-0.2, 0) is 0 Å². The predicted octanol–water partition coefficient (Wildman–Crippen LogP) is 2.50. The van der Waals surface area contributed by atoms with Gasteiger partial charge in [0.15, 0.2) is 0 Å². The first-order valence-electron chi connectivity index (χ1n) is 4.18. The standard InChI is InChI=1S/C9H15BrN2S/c1-9(2,5-11)8(12)6-3-4-7(10)13-6/h3-4,8H,5,11-12H2,1-2H3. The highest BCUT2D eigenvalue weighted by Gasteiger charge is 2.27. The fourth-order valence-corrected chi connectivity index (χ4v) is 2.64. The molecule has 0 aliphatic carbocycles. The Balaban J connectivity index is 2.84. The molecule has 0 aliphatic rings. The van der Waals surface area contributed by atoms with Gasteiger partial charge >= 0.3 is 0 Å². The maximum absolute atomic E-state index is 6.11. The molecule has 4 heteroatoms. The molecule has 1 aromatic rings. The quantitative estimate of drug-likeness (QED) is 0.880. The molecule has 1 atom stereocenters. The molecule has 0 aromatic carbocycles. The van der Waals surface area contributed by atoms with Crippen molar-refractivity contribution in [1.29, 1.82) is 0 Å². The van der Waals surface area contributed by atoms with Gasteiger partial charge in [0.2, 0.25) is 0 Å². The second-order valence-electron chi connectivity index (χ2n) is 3.81. The lowest BCUT2D eigenvalue weighted by atomic mass is 9.84. The summed E-state index contributed by atoms with van der Waals surface area (Å²) in [6.45, 7) is 4.78. The third-order valence-electron chi connectivity index (χ3n) is 2.27. The lowest BCUT2D eigenvalue weighted by Gasteiger charge is -2.29. The van der Waals surface area contributed by atoms with Crippen molar-refractivity contribution in [2.75, 3.05) is 6.54 Å². The van der Waals surface area contributed by atoms with Crippen LogP contribution in [-0.4, -0.2) is 6.54 Å². The van der Waals surface area contributed by atoms with Gasteiger partial charge in [-0.15, -0.1) is 11.3 Å². The largest absolute Gasteiger partial charge is 0.330 e. The summed E-state index contributed by atoms with van der Waals surface area (Å²) < 4.78 is 1.12. The Labute approximate surface area is 91.4 Å². The molecule has 0 fully saturated rings. The van der Waals surface area contributed by atoms with Crippen molar-refractivity contribution in [2.45, 2.75) is 19.9 Å². The van der Waals surface area contributed by atoms with Crippen LogP contribution in [0.2, 0.25) is 0 Å². The SMILES string of the molecule is CC(C)(CN)C(N)c1ccc(Br)s1. The van der Waals surface area contributed by atoms with E-state index in [1.54, 1.807) is 11.3 Å². The second-order valence-corrected chi connectivity index (χ2v) is 6.31. The van der Waals surface area contributed by atoms with Gasteiger partial charge in [0.05, 0.1) is 3.79 Å². The lowest BCUT2D eigenvalue weighted by Crippen LogP contribution is -2.35. The molecule has 1 aromatic heterocycles. The third-order valence-corrected chi connectivity index (χ3v) is 3.98. The molecule has 0 spiro atoms. The van der Waals surface area contributed by atoms with Crippen molar-refractivity contribution in [3.63, 3.8) is 0 Å². The van der Waals surface area contributed by atoms with E-state index in [1.165, 1.54) is 4.88 Å². The Bertz CT molecular complexity index is 283. The van der Waals surface area contributed by atoms with E-state index in [0.29, 0.717) is 6.54 Å². The minimum atomic E-state index is -0.0374. The van der Waals surface area contributed by atoms with Crippen LogP contribution in [0.3, 0.4) is 0 Å². The Morgan fingerprint density at radius 2 is 2.15 bits per heavy atom. The maximum Gasteiger partial charge on any atom is 0.0701 e. The molecule has 0 amide bonds. The average molecular weight is 263 g/mol. The molecule has 0 saturated heterocycles. The smallest absolute Gasteiger partial charge is 0.0701 e. The fraction of sp³-hybridized carbons (Fsp3) is 0.556. The molecule has 0 radical (unpaired) electrons. The highest BCUT2D eigenvalue weighted by Crippen LogP contribution is 2.35. The topological polar surface area (TPSA) is 52.0 Å². The van der Waals surface area contributed by atoms with Crippen LogP contribution in [0.15, 0.2) is 15.9 Å². The molecule has 1 unspecified atom stereocenters. The molecule has 0 aliphatic heterocycles. The van der Waals surface area contributed by atoms with Crippen molar-refractivity contribution in [1.82, 2.24) is 0 Å². The van der Waals surface area contributed by atoms with Crippen molar-refractivity contribution in [2.24, 2.45) is 16.9 Å². The van der Waals surface area contributed by atoms with Crippen LogP contribution in [0.4, 0.5) is 0 Å². The zero-order chi connectivity index (χ0) is 10.1. The van der Waals surface area contributed by atoms with Crippen LogP contribution in [0.5, 0.6) is 0 Å². The summed E-state index contributed by atoms with van der Waals surface area (Å²) in [5, 5.41) is 0. The van der Waals surface area contributed by atoms with Gasteiger partial charge in [0, 0.05) is 10.9 Å². The molecule has 13 heavy (non-hydrogen) atoms. The highest BCUT2D eigenvalue weighted by atomic mass is 79.9. The summed E-state index contributed by atoms with van der Waals surface area (Å²) in [4.78, 5) is 1.18. The molecule has 1 heterocycles. The number of hydrogen-bond acceptors (Lipinski definition) is 3. The molecule has 4 N–H and O–H groups in total. The zero-order valence-corrected chi connectivity index (χ0v) is 10.3. The van der Waals surface area contributed by atoms with Crippen molar-refractivity contribution in [3.05, 3.63) is 20.8 Å². The van der Waals surface area contributed by atoms with Gasteiger partial charge in [-0.2, -0.15) is 0 Å². The lowest BCUT2D eigenvalue weighted by molar-refractivity contribution is 0.305. The number of nitrogens with two attached hydrogens (primary N) is 2. The Morgan fingerprint density at radius 1 is 1.54 bits per heavy atom. The summed E-state index contributed by atoms with van der Waals surface area (Å²) in [5.41, 5.74) is 11.7. The summed E-state index contributed by atoms with van der Waals surface area (Å²) >= 11 is 5.09. The number of halogens is 1. The van der Waals surface area contributed by atoms with Crippen molar-refractivity contribution in [3.8, 4) is 0 Å². The highest BCUT2D eigenvalue weighted by molar-refractivity contribution is 9.11. The zero-order valence-electron chi connectivity index (χ0n) is 7.88. The fourth-order valence-electron chi connectivity index (χ4n) is 1.01. The van der Waals surface area contributed by atoms with Crippen LogP contribution >= 0.6 is 27.3 Å². The first kappa shape index (κ1) is 11.2. The Kier molecular flexibility index (Phi) is 3.51. The maximum atomic E-state index is 6.11. The van der Waals surface area contributed by atoms with Crippen LogP contribution in [0, 0.1) is 5.41 Å². The van der Waals surface area contributed by atoms with Crippen molar-refractivity contribution >= 4 is 27.3 Å². The normalized spacial score (nSPS) is 14.5. The van der Waals surface area contributed by atoms with E-state index in [4.69, 9.17) is 11.5 Å². The summed E-state index contributed by atoms with van der Waals surface area (Å²) in [6.07, 6.45) is 0.